The first kappa shape index (κ1) is 27.7. The maximum atomic E-state index is 14.0. The average molecular weight is 559 g/mol. The summed E-state index contributed by atoms with van der Waals surface area (Å²) in [6, 6.07) is 20.9. The van der Waals surface area contributed by atoms with Crippen molar-refractivity contribution in [1.29, 1.82) is 0 Å². The van der Waals surface area contributed by atoms with Gasteiger partial charge in [0.05, 0.1) is 43.2 Å². The third-order valence-electron chi connectivity index (χ3n) is 7.24. The van der Waals surface area contributed by atoms with E-state index >= 15 is 0 Å². The van der Waals surface area contributed by atoms with Crippen LogP contribution in [0.25, 0.3) is 10.9 Å². The molecular weight excluding hydrogens is 524 g/mol. The molecule has 4 aromatic rings. The second-order valence-electron chi connectivity index (χ2n) is 11.1. The largest absolute Gasteiger partial charge is 0.493 e. The molecule has 1 atom stereocenters. The Labute approximate surface area is 240 Å². The molecule has 0 fully saturated rings. The molecule has 0 spiro atoms. The molecule has 8 heteroatoms. The molecule has 5 rings (SSSR count). The molecule has 7 nitrogen and oxygen atoms in total. The smallest absolute Gasteiger partial charge is 0.261 e. The van der Waals surface area contributed by atoms with E-state index in [4.69, 9.17) is 31.1 Å². The van der Waals surface area contributed by atoms with Gasteiger partial charge in [0.25, 0.3) is 5.56 Å². The Kier molecular flexibility index (Phi) is 7.60. The lowest BCUT2D eigenvalue weighted by Crippen LogP contribution is -2.42. The fourth-order valence-electron chi connectivity index (χ4n) is 5.47. The number of aliphatic imine (C=N–C) groups is 1. The van der Waals surface area contributed by atoms with E-state index in [0.717, 1.165) is 17.0 Å². The molecule has 1 aromatic heterocycles. The highest BCUT2D eigenvalue weighted by molar-refractivity contribution is 6.31. The van der Waals surface area contributed by atoms with Crippen molar-refractivity contribution in [2.24, 2.45) is 10.9 Å². The van der Waals surface area contributed by atoms with Crippen LogP contribution in [0, 0.1) is 5.92 Å². The maximum Gasteiger partial charge on any atom is 0.261 e. The molecule has 0 saturated heterocycles. The predicted molar refractivity (Wildman–Crippen MR) is 161 cm³/mol. The van der Waals surface area contributed by atoms with Gasteiger partial charge >= 0.3 is 0 Å². The highest BCUT2D eigenvalue weighted by atomic mass is 35.5. The fraction of sp³-hybridized carbons (Fsp3) is 0.344. The van der Waals surface area contributed by atoms with Crippen LogP contribution in [0.4, 0.5) is 0 Å². The standard InChI is InChI=1S/C32H35ClN4O3/c1-20(2)28(37-19-32(3,4)35-29(37)22-12-15-26(39-5)27(16-22)40-6)30-34-25-17-23(33)13-14-24(25)31(38)36(30)18-21-10-8-7-9-11-21/h7-17,20,28H,18-19H2,1-6H3. The number of hydrogen-bond donors (Lipinski definition) is 0. The zero-order valence-electron chi connectivity index (χ0n) is 23.8. The minimum atomic E-state index is -0.347. The second kappa shape index (κ2) is 11.0. The van der Waals surface area contributed by atoms with Crippen molar-refractivity contribution >= 4 is 28.3 Å². The van der Waals surface area contributed by atoms with Crippen LogP contribution >= 0.6 is 11.6 Å². The van der Waals surface area contributed by atoms with Crippen LogP contribution in [0.1, 0.15) is 50.7 Å². The van der Waals surface area contributed by atoms with E-state index in [1.807, 2.05) is 53.1 Å². The minimum Gasteiger partial charge on any atom is -0.493 e. The number of ether oxygens (including phenoxy) is 2. The van der Waals surface area contributed by atoms with Gasteiger partial charge in [-0.2, -0.15) is 0 Å². The van der Waals surface area contributed by atoms with Crippen molar-refractivity contribution in [3.05, 3.63) is 99.1 Å². The van der Waals surface area contributed by atoms with Gasteiger partial charge in [-0.3, -0.25) is 14.4 Å². The van der Waals surface area contributed by atoms with E-state index in [-0.39, 0.29) is 23.1 Å². The lowest BCUT2D eigenvalue weighted by Gasteiger charge is -2.35. The summed E-state index contributed by atoms with van der Waals surface area (Å²) < 4.78 is 12.9. The number of methoxy groups -OCH3 is 2. The first-order chi connectivity index (χ1) is 19.1. The van der Waals surface area contributed by atoms with E-state index in [2.05, 4.69) is 32.6 Å². The number of nitrogens with zero attached hydrogens (tertiary/aromatic N) is 4. The van der Waals surface area contributed by atoms with E-state index in [1.54, 1.807) is 32.4 Å². The summed E-state index contributed by atoms with van der Waals surface area (Å²) in [5.41, 5.74) is 2.09. The maximum absolute atomic E-state index is 14.0. The lowest BCUT2D eigenvalue weighted by molar-refractivity contribution is 0.225. The van der Waals surface area contributed by atoms with Crippen LogP contribution in [0.5, 0.6) is 11.5 Å². The Morgan fingerprint density at radius 1 is 0.975 bits per heavy atom. The molecule has 0 bridgehead atoms. The average Bonchev–Trinajstić information content (AvgIpc) is 3.25. The first-order valence-corrected chi connectivity index (χ1v) is 13.8. The van der Waals surface area contributed by atoms with Crippen molar-refractivity contribution < 1.29 is 9.47 Å². The van der Waals surface area contributed by atoms with E-state index in [9.17, 15) is 4.79 Å². The normalized spacial score (nSPS) is 15.4. The minimum absolute atomic E-state index is 0.0887. The van der Waals surface area contributed by atoms with Crippen molar-refractivity contribution in [2.45, 2.75) is 45.8 Å². The van der Waals surface area contributed by atoms with Gasteiger partial charge < -0.3 is 14.4 Å². The van der Waals surface area contributed by atoms with E-state index in [1.165, 1.54) is 0 Å². The zero-order valence-corrected chi connectivity index (χ0v) is 24.6. The van der Waals surface area contributed by atoms with Crippen LogP contribution in [0.3, 0.4) is 0 Å². The van der Waals surface area contributed by atoms with Gasteiger partial charge in [0.1, 0.15) is 11.7 Å². The van der Waals surface area contributed by atoms with Gasteiger partial charge in [0, 0.05) is 17.1 Å². The van der Waals surface area contributed by atoms with Gasteiger partial charge in [-0.05, 0) is 61.7 Å². The molecule has 40 heavy (non-hydrogen) atoms. The predicted octanol–water partition coefficient (Wildman–Crippen LogP) is 6.35. The van der Waals surface area contributed by atoms with Crippen LogP contribution in [0.2, 0.25) is 5.02 Å². The van der Waals surface area contributed by atoms with Crippen molar-refractivity contribution in [3.63, 3.8) is 0 Å². The number of halogens is 1. The van der Waals surface area contributed by atoms with Crippen LogP contribution in [-0.2, 0) is 6.54 Å². The molecule has 0 N–H and O–H groups in total. The molecule has 1 aliphatic rings. The van der Waals surface area contributed by atoms with Crippen LogP contribution < -0.4 is 15.0 Å². The van der Waals surface area contributed by atoms with Gasteiger partial charge in [-0.1, -0.05) is 55.8 Å². The zero-order chi connectivity index (χ0) is 28.6. The second-order valence-corrected chi connectivity index (χ2v) is 11.6. The highest BCUT2D eigenvalue weighted by Gasteiger charge is 2.40. The Hall–Kier alpha value is -3.84. The van der Waals surface area contributed by atoms with Gasteiger partial charge in [0.2, 0.25) is 0 Å². The fourth-order valence-corrected chi connectivity index (χ4v) is 5.63. The molecule has 0 amide bonds. The van der Waals surface area contributed by atoms with Crippen molar-refractivity contribution in [3.8, 4) is 11.5 Å². The molecule has 0 radical (unpaired) electrons. The number of benzene rings is 3. The summed E-state index contributed by atoms with van der Waals surface area (Å²) in [6.07, 6.45) is 0. The molecule has 0 saturated carbocycles. The number of rotatable bonds is 8. The van der Waals surface area contributed by atoms with Crippen molar-refractivity contribution in [1.82, 2.24) is 14.5 Å². The monoisotopic (exact) mass is 558 g/mol. The summed E-state index contributed by atoms with van der Waals surface area (Å²) in [4.78, 5) is 26.6. The summed E-state index contributed by atoms with van der Waals surface area (Å²) in [5.74, 6) is 2.90. The Morgan fingerprint density at radius 2 is 1.70 bits per heavy atom. The lowest BCUT2D eigenvalue weighted by atomic mass is 9.98. The van der Waals surface area contributed by atoms with Gasteiger partial charge in [-0.15, -0.1) is 0 Å². The molecule has 1 unspecified atom stereocenters. The third-order valence-corrected chi connectivity index (χ3v) is 7.48. The SMILES string of the molecule is COc1ccc(C2=NC(C)(C)CN2C(c2nc3cc(Cl)ccc3c(=O)n2Cc2ccccc2)C(C)C)cc1OC. The summed E-state index contributed by atoms with van der Waals surface area (Å²) >= 11 is 6.36. The summed E-state index contributed by atoms with van der Waals surface area (Å²) in [5, 5.41) is 1.09. The molecule has 3 aromatic carbocycles. The molecule has 208 valence electrons. The highest BCUT2D eigenvalue weighted by Crippen LogP contribution is 2.38. The molecular formula is C32H35ClN4O3. The topological polar surface area (TPSA) is 69.0 Å². The summed E-state index contributed by atoms with van der Waals surface area (Å²) in [7, 11) is 3.25. The Bertz CT molecular complexity index is 1630. The van der Waals surface area contributed by atoms with E-state index < -0.39 is 0 Å². The number of amidine groups is 1. The van der Waals surface area contributed by atoms with Gasteiger partial charge in [-0.25, -0.2) is 4.98 Å². The number of fused-ring (bicyclic) bond motifs is 1. The number of hydrogen-bond acceptors (Lipinski definition) is 6. The number of aromatic nitrogens is 2. The van der Waals surface area contributed by atoms with Gasteiger partial charge in [0.15, 0.2) is 11.5 Å². The van der Waals surface area contributed by atoms with Crippen molar-refractivity contribution in [2.75, 3.05) is 20.8 Å². The molecule has 0 aliphatic carbocycles. The third kappa shape index (κ3) is 5.30. The molecule has 2 heterocycles. The Morgan fingerprint density at radius 3 is 2.38 bits per heavy atom. The quantitative estimate of drug-likeness (QED) is 0.252. The van der Waals surface area contributed by atoms with Crippen LogP contribution in [-0.4, -0.2) is 46.6 Å². The summed E-state index contributed by atoms with van der Waals surface area (Å²) in [6.45, 7) is 9.62. The van der Waals surface area contributed by atoms with E-state index in [0.29, 0.717) is 46.3 Å². The van der Waals surface area contributed by atoms with Crippen LogP contribution in [0.15, 0.2) is 76.5 Å². The molecule has 1 aliphatic heterocycles. The first-order valence-electron chi connectivity index (χ1n) is 13.4. The Balaban J connectivity index is 1.71.